The molecule has 0 aliphatic rings. The van der Waals surface area contributed by atoms with Gasteiger partial charge in [0.25, 0.3) is 5.56 Å². The van der Waals surface area contributed by atoms with Crippen LogP contribution in [0.1, 0.15) is 32.3 Å². The molecule has 0 aliphatic heterocycles. The van der Waals surface area contributed by atoms with E-state index < -0.39 is 0 Å². The molecular formula is C22H25FN4O2. The van der Waals surface area contributed by atoms with E-state index >= 15 is 0 Å². The fourth-order valence-electron chi connectivity index (χ4n) is 3.04. The lowest BCUT2D eigenvalue weighted by Gasteiger charge is -2.13. The SMILES string of the molecule is CCOCCCn1c(N/N=C(/CC)c2ccc(F)cc2)nc2ccccc2c1=O. The molecule has 3 rings (SSSR count). The Morgan fingerprint density at radius 2 is 1.93 bits per heavy atom. The number of benzene rings is 2. The molecule has 0 radical (unpaired) electrons. The molecule has 0 aliphatic carbocycles. The normalized spacial score (nSPS) is 11.8. The number of rotatable bonds is 9. The molecule has 0 atom stereocenters. The number of anilines is 1. The van der Waals surface area contributed by atoms with Crippen LogP contribution in [0.3, 0.4) is 0 Å². The molecule has 2 aromatic carbocycles. The van der Waals surface area contributed by atoms with Gasteiger partial charge >= 0.3 is 0 Å². The summed E-state index contributed by atoms with van der Waals surface area (Å²) in [5, 5.41) is 5.02. The summed E-state index contributed by atoms with van der Waals surface area (Å²) in [6, 6.07) is 13.4. The first-order chi connectivity index (χ1) is 14.1. The van der Waals surface area contributed by atoms with Crippen molar-refractivity contribution in [2.24, 2.45) is 5.10 Å². The predicted molar refractivity (Wildman–Crippen MR) is 114 cm³/mol. The van der Waals surface area contributed by atoms with Crippen molar-refractivity contribution < 1.29 is 9.13 Å². The maximum absolute atomic E-state index is 13.2. The Morgan fingerprint density at radius 3 is 2.66 bits per heavy atom. The summed E-state index contributed by atoms with van der Waals surface area (Å²) in [6.07, 6.45) is 1.32. The molecule has 0 bridgehead atoms. The summed E-state index contributed by atoms with van der Waals surface area (Å²) >= 11 is 0. The van der Waals surface area contributed by atoms with Gasteiger partial charge in [-0.2, -0.15) is 5.10 Å². The minimum absolute atomic E-state index is 0.121. The van der Waals surface area contributed by atoms with Gasteiger partial charge in [0.05, 0.1) is 16.6 Å². The van der Waals surface area contributed by atoms with Crippen molar-refractivity contribution in [2.45, 2.75) is 33.2 Å². The first-order valence-electron chi connectivity index (χ1n) is 9.79. The Bertz CT molecular complexity index is 1040. The fourth-order valence-corrected chi connectivity index (χ4v) is 3.04. The number of hydrogen-bond acceptors (Lipinski definition) is 5. The highest BCUT2D eigenvalue weighted by Gasteiger charge is 2.11. The second-order valence-corrected chi connectivity index (χ2v) is 6.49. The lowest BCUT2D eigenvalue weighted by atomic mass is 10.1. The first kappa shape index (κ1) is 20.7. The van der Waals surface area contributed by atoms with Crippen LogP contribution < -0.4 is 11.0 Å². The minimum Gasteiger partial charge on any atom is -0.382 e. The van der Waals surface area contributed by atoms with Crippen LogP contribution in [0.15, 0.2) is 58.4 Å². The molecule has 1 N–H and O–H groups in total. The highest BCUT2D eigenvalue weighted by molar-refractivity contribution is 6.00. The van der Waals surface area contributed by atoms with Gasteiger partial charge in [-0.1, -0.05) is 31.2 Å². The van der Waals surface area contributed by atoms with E-state index in [0.717, 1.165) is 11.3 Å². The fraction of sp³-hybridized carbons (Fsp3) is 0.318. The smallest absolute Gasteiger partial charge is 0.262 e. The van der Waals surface area contributed by atoms with Crippen molar-refractivity contribution in [1.82, 2.24) is 9.55 Å². The summed E-state index contributed by atoms with van der Waals surface area (Å²) in [4.78, 5) is 17.6. The topological polar surface area (TPSA) is 68.5 Å². The van der Waals surface area contributed by atoms with Crippen LogP contribution in [-0.4, -0.2) is 28.5 Å². The maximum Gasteiger partial charge on any atom is 0.262 e. The van der Waals surface area contributed by atoms with E-state index in [1.165, 1.54) is 12.1 Å². The number of nitrogens with zero attached hydrogens (tertiary/aromatic N) is 3. The Balaban J connectivity index is 1.95. The van der Waals surface area contributed by atoms with Crippen LogP contribution in [0.2, 0.25) is 0 Å². The van der Waals surface area contributed by atoms with Crippen molar-refractivity contribution in [3.8, 4) is 0 Å². The largest absolute Gasteiger partial charge is 0.382 e. The molecule has 7 heteroatoms. The van der Waals surface area contributed by atoms with Crippen molar-refractivity contribution in [1.29, 1.82) is 0 Å². The van der Waals surface area contributed by atoms with Gasteiger partial charge in [-0.15, -0.1) is 0 Å². The third-order valence-electron chi connectivity index (χ3n) is 4.54. The van der Waals surface area contributed by atoms with Gasteiger partial charge in [-0.25, -0.2) is 14.8 Å². The van der Waals surface area contributed by atoms with Crippen LogP contribution in [0, 0.1) is 5.82 Å². The van der Waals surface area contributed by atoms with Crippen LogP contribution in [0.5, 0.6) is 0 Å². The molecule has 6 nitrogen and oxygen atoms in total. The predicted octanol–water partition coefficient (Wildman–Crippen LogP) is 4.19. The zero-order valence-electron chi connectivity index (χ0n) is 16.7. The lowest BCUT2D eigenvalue weighted by Crippen LogP contribution is -2.25. The standard InChI is InChI=1S/C22H25FN4O2/c1-3-19(16-10-12-17(23)13-11-16)25-26-22-24-20-9-6-5-8-18(20)21(28)27(22)14-7-15-29-4-2/h5-6,8-13H,3-4,7,14-15H2,1-2H3,(H,24,26)/b25-19-. The van der Waals surface area contributed by atoms with Gasteiger partial charge in [-0.3, -0.25) is 9.36 Å². The molecule has 29 heavy (non-hydrogen) atoms. The molecule has 3 aromatic rings. The van der Waals surface area contributed by atoms with Gasteiger partial charge < -0.3 is 4.74 Å². The van der Waals surface area contributed by atoms with Crippen LogP contribution in [0.4, 0.5) is 10.3 Å². The van der Waals surface area contributed by atoms with Gasteiger partial charge in [-0.05, 0) is 49.6 Å². The molecule has 0 unspecified atom stereocenters. The molecular weight excluding hydrogens is 371 g/mol. The van der Waals surface area contributed by atoms with Crippen molar-refractivity contribution in [3.05, 3.63) is 70.3 Å². The highest BCUT2D eigenvalue weighted by Crippen LogP contribution is 2.13. The van der Waals surface area contributed by atoms with E-state index in [1.807, 2.05) is 26.0 Å². The Hall–Kier alpha value is -3.06. The number of hydrazone groups is 1. The summed E-state index contributed by atoms with van der Waals surface area (Å²) < 4.78 is 20.2. The third kappa shape index (κ3) is 5.06. The molecule has 0 fully saturated rings. The number of fused-ring (bicyclic) bond motifs is 1. The second kappa shape index (κ2) is 9.93. The average Bonchev–Trinajstić information content (AvgIpc) is 2.74. The average molecular weight is 396 g/mol. The summed E-state index contributed by atoms with van der Waals surface area (Å²) in [5.74, 6) is 0.0785. The van der Waals surface area contributed by atoms with Crippen LogP contribution in [0.25, 0.3) is 10.9 Å². The highest BCUT2D eigenvalue weighted by atomic mass is 19.1. The maximum atomic E-state index is 13.2. The van der Waals surface area contributed by atoms with Crippen molar-refractivity contribution in [2.75, 3.05) is 18.6 Å². The molecule has 152 valence electrons. The number of aromatic nitrogens is 2. The Morgan fingerprint density at radius 1 is 1.17 bits per heavy atom. The summed E-state index contributed by atoms with van der Waals surface area (Å²) in [7, 11) is 0. The van der Waals surface area contributed by atoms with E-state index in [1.54, 1.807) is 28.8 Å². The number of ether oxygens (including phenoxy) is 1. The third-order valence-corrected chi connectivity index (χ3v) is 4.54. The molecule has 1 aromatic heterocycles. The van der Waals surface area contributed by atoms with Gasteiger partial charge in [0.2, 0.25) is 5.95 Å². The summed E-state index contributed by atoms with van der Waals surface area (Å²) in [5.41, 5.74) is 5.00. The van der Waals surface area contributed by atoms with E-state index in [-0.39, 0.29) is 11.4 Å². The van der Waals surface area contributed by atoms with Gasteiger partial charge in [0, 0.05) is 19.8 Å². The minimum atomic E-state index is -0.295. The first-order valence-corrected chi connectivity index (χ1v) is 9.79. The molecule has 0 spiro atoms. The second-order valence-electron chi connectivity index (χ2n) is 6.49. The van der Waals surface area contributed by atoms with E-state index in [2.05, 4.69) is 15.5 Å². The van der Waals surface area contributed by atoms with Crippen molar-refractivity contribution in [3.63, 3.8) is 0 Å². The molecule has 0 saturated carbocycles. The van der Waals surface area contributed by atoms with E-state index in [9.17, 15) is 9.18 Å². The van der Waals surface area contributed by atoms with Gasteiger partial charge in [0.15, 0.2) is 0 Å². The molecule has 1 heterocycles. The monoisotopic (exact) mass is 396 g/mol. The Kier molecular flexibility index (Phi) is 7.08. The zero-order valence-corrected chi connectivity index (χ0v) is 16.7. The summed E-state index contributed by atoms with van der Waals surface area (Å²) in [6.45, 7) is 5.57. The van der Waals surface area contributed by atoms with Gasteiger partial charge in [0.1, 0.15) is 5.82 Å². The van der Waals surface area contributed by atoms with Crippen LogP contribution >= 0.6 is 0 Å². The number of hydrogen-bond donors (Lipinski definition) is 1. The zero-order chi connectivity index (χ0) is 20.6. The quantitative estimate of drug-likeness (QED) is 0.335. The number of halogens is 1. The molecule has 0 amide bonds. The molecule has 0 saturated heterocycles. The number of nitrogens with one attached hydrogen (secondary N) is 1. The van der Waals surface area contributed by atoms with Crippen molar-refractivity contribution >= 4 is 22.6 Å². The Labute approximate surface area is 169 Å². The lowest BCUT2D eigenvalue weighted by molar-refractivity contribution is 0.141. The van der Waals surface area contributed by atoms with E-state index in [4.69, 9.17) is 4.74 Å². The number of para-hydroxylation sites is 1. The van der Waals surface area contributed by atoms with E-state index in [0.29, 0.717) is 49.5 Å². The van der Waals surface area contributed by atoms with Crippen LogP contribution in [-0.2, 0) is 11.3 Å².